The van der Waals surface area contributed by atoms with E-state index in [1.807, 2.05) is 25.1 Å². The largest absolute Gasteiger partial charge is 0.444 e. The molecule has 5 N–H and O–H groups in total. The zero-order valence-electron chi connectivity index (χ0n) is 25.2. The van der Waals surface area contributed by atoms with Crippen molar-refractivity contribution < 1.29 is 23.9 Å². The molecule has 1 fully saturated rings. The Bertz CT molecular complexity index is 1340. The van der Waals surface area contributed by atoms with Crippen LogP contribution >= 0.6 is 0 Å². The van der Waals surface area contributed by atoms with Gasteiger partial charge < -0.3 is 31.2 Å². The monoisotopic (exact) mass is 579 g/mol. The minimum atomic E-state index is -0.736. The Morgan fingerprint density at radius 1 is 1.19 bits per heavy atom. The first-order chi connectivity index (χ1) is 19.9. The second-order valence-corrected chi connectivity index (χ2v) is 11.0. The molecule has 226 valence electrons. The lowest BCUT2D eigenvalue weighted by Gasteiger charge is -2.27. The molecule has 0 bridgehead atoms. The number of nitrogens with one attached hydrogen (secondary N) is 3. The zero-order valence-corrected chi connectivity index (χ0v) is 25.2. The highest BCUT2D eigenvalue weighted by Crippen LogP contribution is 2.24. The first-order valence-corrected chi connectivity index (χ1v) is 14.0. The lowest BCUT2D eigenvalue weighted by atomic mass is 10.1. The van der Waals surface area contributed by atoms with Crippen molar-refractivity contribution in [1.82, 2.24) is 20.2 Å². The lowest BCUT2D eigenvalue weighted by molar-refractivity contribution is -0.125. The predicted molar refractivity (Wildman–Crippen MR) is 160 cm³/mol. The highest BCUT2D eigenvalue weighted by atomic mass is 16.6. The number of likely N-dealkylation sites (N-methyl/N-ethyl adjacent to an activating group) is 1. The van der Waals surface area contributed by atoms with Gasteiger partial charge in [-0.15, -0.1) is 0 Å². The van der Waals surface area contributed by atoms with E-state index in [0.29, 0.717) is 42.4 Å². The Kier molecular flexibility index (Phi) is 11.1. The zero-order chi connectivity index (χ0) is 30.9. The Labute approximate surface area is 247 Å². The summed E-state index contributed by atoms with van der Waals surface area (Å²) in [4.78, 5) is 47.4. The molecule has 1 aromatic carbocycles. The van der Waals surface area contributed by atoms with Crippen LogP contribution in [-0.4, -0.2) is 77.3 Å². The van der Waals surface area contributed by atoms with Crippen LogP contribution in [0, 0.1) is 11.8 Å². The Balaban J connectivity index is 1.68. The van der Waals surface area contributed by atoms with E-state index >= 15 is 0 Å². The Morgan fingerprint density at radius 3 is 2.55 bits per heavy atom. The van der Waals surface area contributed by atoms with E-state index in [-0.39, 0.29) is 30.0 Å². The minimum absolute atomic E-state index is 0.0500. The number of amides is 3. The summed E-state index contributed by atoms with van der Waals surface area (Å²) >= 11 is 0. The van der Waals surface area contributed by atoms with Gasteiger partial charge in [-0.05, 0) is 65.2 Å². The van der Waals surface area contributed by atoms with Gasteiger partial charge in [0.1, 0.15) is 11.6 Å². The van der Waals surface area contributed by atoms with E-state index < -0.39 is 23.6 Å². The first kappa shape index (κ1) is 32.1. The van der Waals surface area contributed by atoms with E-state index in [2.05, 4.69) is 32.8 Å². The van der Waals surface area contributed by atoms with Gasteiger partial charge in [-0.3, -0.25) is 14.5 Å². The number of hydrogen-bond acceptors (Lipinski definition) is 9. The van der Waals surface area contributed by atoms with Gasteiger partial charge in [0.05, 0.1) is 12.2 Å². The molecule has 12 heteroatoms. The van der Waals surface area contributed by atoms with E-state index in [4.69, 9.17) is 20.2 Å². The number of benzene rings is 1. The normalized spacial score (nSPS) is 14.1. The molecule has 2 aromatic rings. The summed E-state index contributed by atoms with van der Waals surface area (Å²) in [6, 6.07) is 6.69. The summed E-state index contributed by atoms with van der Waals surface area (Å²) in [7, 11) is 1.51. The lowest BCUT2D eigenvalue weighted by Crippen LogP contribution is -2.47. The molecule has 1 aliphatic rings. The summed E-state index contributed by atoms with van der Waals surface area (Å²) in [5, 5.41) is 9.32. The molecular weight excluding hydrogens is 538 g/mol. The van der Waals surface area contributed by atoms with Crippen LogP contribution in [0.2, 0.25) is 0 Å². The van der Waals surface area contributed by atoms with Gasteiger partial charge in [0.25, 0.3) is 5.91 Å². The van der Waals surface area contributed by atoms with E-state index in [9.17, 15) is 14.4 Å². The van der Waals surface area contributed by atoms with Crippen LogP contribution in [0.3, 0.4) is 0 Å². The highest BCUT2D eigenvalue weighted by Gasteiger charge is 2.26. The van der Waals surface area contributed by atoms with Crippen LogP contribution in [-0.2, 0) is 20.7 Å². The van der Waals surface area contributed by atoms with Crippen molar-refractivity contribution in [3.8, 4) is 11.8 Å². The third-order valence-corrected chi connectivity index (χ3v) is 6.45. The summed E-state index contributed by atoms with van der Waals surface area (Å²) in [6.07, 6.45) is 1.70. The van der Waals surface area contributed by atoms with Crippen LogP contribution < -0.4 is 21.7 Å². The van der Waals surface area contributed by atoms with Crippen LogP contribution in [0.25, 0.3) is 0 Å². The van der Waals surface area contributed by atoms with Crippen molar-refractivity contribution in [2.75, 3.05) is 37.4 Å². The number of anilines is 3. The smallest absolute Gasteiger partial charge is 0.410 e. The van der Waals surface area contributed by atoms with Gasteiger partial charge in [0.15, 0.2) is 17.3 Å². The predicted octanol–water partition coefficient (Wildman–Crippen LogP) is 3.20. The Hall–Kier alpha value is -4.37. The van der Waals surface area contributed by atoms with Gasteiger partial charge in [0.2, 0.25) is 5.91 Å². The number of aromatic nitrogens is 2. The molecule has 0 saturated carbocycles. The Morgan fingerprint density at radius 2 is 1.90 bits per heavy atom. The second-order valence-electron chi connectivity index (χ2n) is 11.0. The van der Waals surface area contributed by atoms with E-state index in [0.717, 1.165) is 12.8 Å². The molecule has 0 radical (unpaired) electrons. The topological polar surface area (TPSA) is 161 Å². The third kappa shape index (κ3) is 9.34. The number of primary amides is 1. The number of carbonyl (C=O) groups is 3. The SMILES string of the molecule is CCc1nc(C(N)=O)c(Nc2cccc(C#CCNC(=O)[C@H](C)N(C)C(=O)OC(C)(C)C)c2)nc1NC1CCOCC1. The maximum Gasteiger partial charge on any atom is 0.410 e. The molecule has 0 spiro atoms. The van der Waals surface area contributed by atoms with Crippen molar-refractivity contribution in [3.05, 3.63) is 41.2 Å². The summed E-state index contributed by atoms with van der Waals surface area (Å²) in [5.41, 5.74) is 7.00. The molecule has 42 heavy (non-hydrogen) atoms. The molecule has 0 unspecified atom stereocenters. The molecule has 3 rings (SSSR count). The standard InChI is InChI=1S/C30H41N7O5/c1-7-23-26(33-21-13-16-41-17-14-21)36-27(24(35-23)25(31)38)34-22-12-8-10-20(18-22)11-9-15-32-28(39)19(2)37(6)29(40)42-30(3,4)5/h8,10,12,18-19,21H,7,13-17H2,1-6H3,(H2,31,38)(H,32,39)(H2,33,34,36)/t19-/m0/s1. The van der Waals surface area contributed by atoms with Crippen molar-refractivity contribution in [1.29, 1.82) is 0 Å². The van der Waals surface area contributed by atoms with E-state index in [1.165, 1.54) is 11.9 Å². The van der Waals surface area contributed by atoms with Gasteiger partial charge in [-0.1, -0.05) is 24.8 Å². The molecule has 1 atom stereocenters. The summed E-state index contributed by atoms with van der Waals surface area (Å²) < 4.78 is 10.8. The molecule has 1 saturated heterocycles. The fourth-order valence-corrected chi connectivity index (χ4v) is 4.03. The fraction of sp³-hybridized carbons (Fsp3) is 0.500. The fourth-order valence-electron chi connectivity index (χ4n) is 4.03. The summed E-state index contributed by atoms with van der Waals surface area (Å²) in [6.45, 7) is 10.3. The number of hydrogen-bond donors (Lipinski definition) is 4. The van der Waals surface area contributed by atoms with Gasteiger partial charge in [0, 0.05) is 37.6 Å². The average molecular weight is 580 g/mol. The average Bonchev–Trinajstić information content (AvgIpc) is 2.94. The van der Waals surface area contributed by atoms with Gasteiger partial charge >= 0.3 is 6.09 Å². The van der Waals surface area contributed by atoms with Crippen molar-refractivity contribution >= 4 is 35.2 Å². The third-order valence-electron chi connectivity index (χ3n) is 6.45. The van der Waals surface area contributed by atoms with Crippen molar-refractivity contribution in [2.45, 2.75) is 71.6 Å². The van der Waals surface area contributed by atoms with Crippen LogP contribution in [0.4, 0.5) is 22.1 Å². The van der Waals surface area contributed by atoms with Crippen LogP contribution in [0.1, 0.15) is 69.2 Å². The second kappa shape index (κ2) is 14.5. The summed E-state index contributed by atoms with van der Waals surface area (Å²) in [5.74, 6) is 5.74. The number of ether oxygens (including phenoxy) is 2. The van der Waals surface area contributed by atoms with Crippen LogP contribution in [0.15, 0.2) is 24.3 Å². The van der Waals surface area contributed by atoms with E-state index in [1.54, 1.807) is 33.8 Å². The minimum Gasteiger partial charge on any atom is -0.444 e. The number of carbonyl (C=O) groups excluding carboxylic acids is 3. The number of aryl methyl sites for hydroxylation is 1. The molecule has 3 amide bonds. The molecular formula is C30H41N7O5. The molecule has 1 aliphatic heterocycles. The maximum absolute atomic E-state index is 12.5. The van der Waals surface area contributed by atoms with Crippen molar-refractivity contribution in [3.63, 3.8) is 0 Å². The van der Waals surface area contributed by atoms with Crippen LogP contribution in [0.5, 0.6) is 0 Å². The maximum atomic E-state index is 12.5. The number of rotatable bonds is 9. The quantitative estimate of drug-likeness (QED) is 0.327. The number of nitrogens with zero attached hydrogens (tertiary/aromatic N) is 3. The molecule has 1 aromatic heterocycles. The molecule has 12 nitrogen and oxygen atoms in total. The highest BCUT2D eigenvalue weighted by molar-refractivity contribution is 5.96. The van der Waals surface area contributed by atoms with Crippen molar-refractivity contribution in [2.24, 2.45) is 5.73 Å². The molecule has 2 heterocycles. The first-order valence-electron chi connectivity index (χ1n) is 14.0. The van der Waals surface area contributed by atoms with Gasteiger partial charge in [-0.25, -0.2) is 14.8 Å². The number of nitrogens with two attached hydrogens (primary N) is 1. The van der Waals surface area contributed by atoms with Gasteiger partial charge in [-0.2, -0.15) is 0 Å². The molecule has 0 aliphatic carbocycles.